The average molecular weight is 578 g/mol. The van der Waals surface area contributed by atoms with Crippen molar-refractivity contribution in [3.8, 4) is 0 Å². The van der Waals surface area contributed by atoms with E-state index in [1.165, 1.54) is 11.8 Å². The van der Waals surface area contributed by atoms with E-state index in [4.69, 9.17) is 34.8 Å². The molecule has 2 amide bonds. The van der Waals surface area contributed by atoms with Gasteiger partial charge in [0.2, 0.25) is 11.8 Å². The standard InChI is InChI=1S/C29H31Cl3N2O2S/c1-20(2)16-33-29(36)27(14-21-6-4-3-5-7-21)34(17-23-10-13-25(31)15-26(23)32)28(35)19-37-18-22-8-11-24(30)12-9-22/h3-13,15,20,27H,14,16-19H2,1-2H3,(H,33,36). The van der Waals surface area contributed by atoms with Crippen LogP contribution in [0.5, 0.6) is 0 Å². The van der Waals surface area contributed by atoms with Crippen LogP contribution in [-0.4, -0.2) is 35.1 Å². The lowest BCUT2D eigenvalue weighted by molar-refractivity contribution is -0.139. The fourth-order valence-corrected chi connectivity index (χ4v) is 5.19. The second-order valence-electron chi connectivity index (χ2n) is 9.22. The third-order valence-electron chi connectivity index (χ3n) is 5.72. The summed E-state index contributed by atoms with van der Waals surface area (Å²) in [5, 5.41) is 4.67. The van der Waals surface area contributed by atoms with Gasteiger partial charge >= 0.3 is 0 Å². The van der Waals surface area contributed by atoms with Gasteiger partial charge in [-0.25, -0.2) is 0 Å². The number of halogens is 3. The van der Waals surface area contributed by atoms with Crippen LogP contribution in [0.3, 0.4) is 0 Å². The SMILES string of the molecule is CC(C)CNC(=O)C(Cc1ccccc1)N(Cc1ccc(Cl)cc1Cl)C(=O)CSCc1ccc(Cl)cc1. The normalized spacial score (nSPS) is 11.8. The smallest absolute Gasteiger partial charge is 0.243 e. The fourth-order valence-electron chi connectivity index (χ4n) is 3.73. The van der Waals surface area contributed by atoms with Gasteiger partial charge in [0.25, 0.3) is 0 Å². The molecule has 8 heteroatoms. The quantitative estimate of drug-likeness (QED) is 0.246. The molecule has 0 heterocycles. The number of carbonyl (C=O) groups is 2. The Labute approximate surface area is 238 Å². The number of nitrogens with one attached hydrogen (secondary N) is 1. The highest BCUT2D eigenvalue weighted by Crippen LogP contribution is 2.25. The van der Waals surface area contributed by atoms with Crippen LogP contribution < -0.4 is 5.32 Å². The number of carbonyl (C=O) groups excluding carboxylic acids is 2. The summed E-state index contributed by atoms with van der Waals surface area (Å²) in [7, 11) is 0. The summed E-state index contributed by atoms with van der Waals surface area (Å²) in [5.74, 6) is 0.841. The summed E-state index contributed by atoms with van der Waals surface area (Å²) in [6.07, 6.45) is 0.392. The molecule has 0 saturated heterocycles. The van der Waals surface area contributed by atoms with Gasteiger partial charge in [0.05, 0.1) is 5.75 Å². The minimum Gasteiger partial charge on any atom is -0.354 e. The number of hydrogen-bond acceptors (Lipinski definition) is 3. The molecular weight excluding hydrogens is 547 g/mol. The van der Waals surface area contributed by atoms with Gasteiger partial charge in [-0.05, 0) is 46.9 Å². The minimum atomic E-state index is -0.698. The first-order valence-corrected chi connectivity index (χ1v) is 14.4. The maximum atomic E-state index is 13.7. The molecule has 0 saturated carbocycles. The maximum absolute atomic E-state index is 13.7. The molecule has 196 valence electrons. The zero-order chi connectivity index (χ0) is 26.8. The van der Waals surface area contributed by atoms with Gasteiger partial charge in [0.15, 0.2) is 0 Å². The molecule has 3 rings (SSSR count). The Hall–Kier alpha value is -2.18. The summed E-state index contributed by atoms with van der Waals surface area (Å²) in [6, 6.07) is 21.8. The third kappa shape index (κ3) is 9.57. The molecule has 4 nitrogen and oxygen atoms in total. The van der Waals surface area contributed by atoms with Crippen molar-refractivity contribution in [1.29, 1.82) is 0 Å². The lowest BCUT2D eigenvalue weighted by Crippen LogP contribution is -2.51. The number of nitrogens with zero attached hydrogens (tertiary/aromatic N) is 1. The zero-order valence-electron chi connectivity index (χ0n) is 20.9. The molecule has 3 aromatic rings. The van der Waals surface area contributed by atoms with Crippen LogP contribution in [0.4, 0.5) is 0 Å². The van der Waals surface area contributed by atoms with Gasteiger partial charge in [-0.3, -0.25) is 9.59 Å². The highest BCUT2D eigenvalue weighted by atomic mass is 35.5. The second kappa shape index (κ2) is 14.7. The number of thioether (sulfide) groups is 1. The van der Waals surface area contributed by atoms with Crippen LogP contribution in [0, 0.1) is 5.92 Å². The van der Waals surface area contributed by atoms with Crippen molar-refractivity contribution < 1.29 is 9.59 Å². The van der Waals surface area contributed by atoms with Gasteiger partial charge in [-0.2, -0.15) is 0 Å². The molecule has 1 unspecified atom stereocenters. The van der Waals surface area contributed by atoms with Crippen LogP contribution in [0.25, 0.3) is 0 Å². The lowest BCUT2D eigenvalue weighted by Gasteiger charge is -2.32. The molecule has 3 aromatic carbocycles. The number of amides is 2. The van der Waals surface area contributed by atoms with Crippen molar-refractivity contribution in [3.63, 3.8) is 0 Å². The summed E-state index contributed by atoms with van der Waals surface area (Å²) < 4.78 is 0. The lowest BCUT2D eigenvalue weighted by atomic mass is 10.0. The monoisotopic (exact) mass is 576 g/mol. The molecular formula is C29H31Cl3N2O2S. The van der Waals surface area contributed by atoms with Crippen molar-refractivity contribution in [2.45, 2.75) is 38.6 Å². The maximum Gasteiger partial charge on any atom is 0.243 e. The molecule has 0 radical (unpaired) electrons. The van der Waals surface area contributed by atoms with Crippen LogP contribution in [-0.2, 0) is 28.3 Å². The van der Waals surface area contributed by atoms with Crippen molar-refractivity contribution in [3.05, 3.63) is 105 Å². The second-order valence-corrected chi connectivity index (χ2v) is 11.5. The average Bonchev–Trinajstić information content (AvgIpc) is 2.87. The topological polar surface area (TPSA) is 49.4 Å². The first-order chi connectivity index (χ1) is 17.7. The number of rotatable bonds is 12. The van der Waals surface area contributed by atoms with Gasteiger partial charge in [0, 0.05) is 40.3 Å². The van der Waals surface area contributed by atoms with E-state index in [0.717, 1.165) is 16.7 Å². The first kappa shape index (κ1) is 29.4. The molecule has 0 fully saturated rings. The van der Waals surface area contributed by atoms with Gasteiger partial charge < -0.3 is 10.2 Å². The van der Waals surface area contributed by atoms with E-state index in [-0.39, 0.29) is 30.0 Å². The molecule has 0 aliphatic heterocycles. The van der Waals surface area contributed by atoms with E-state index >= 15 is 0 Å². The number of benzene rings is 3. The first-order valence-electron chi connectivity index (χ1n) is 12.1. The third-order valence-corrected chi connectivity index (χ3v) is 7.55. The Bertz CT molecular complexity index is 1170. The highest BCUT2D eigenvalue weighted by molar-refractivity contribution is 7.99. The predicted octanol–water partition coefficient (Wildman–Crippen LogP) is 7.29. The zero-order valence-corrected chi connectivity index (χ0v) is 24.0. The van der Waals surface area contributed by atoms with Crippen molar-refractivity contribution >= 4 is 58.4 Å². The Kier molecular flexibility index (Phi) is 11.7. The summed E-state index contributed by atoms with van der Waals surface area (Å²) >= 11 is 20.1. The summed E-state index contributed by atoms with van der Waals surface area (Å²) in [5.41, 5.74) is 2.78. The Balaban J connectivity index is 1.86. The van der Waals surface area contributed by atoms with Crippen molar-refractivity contribution in [2.24, 2.45) is 5.92 Å². The van der Waals surface area contributed by atoms with Crippen LogP contribution >= 0.6 is 46.6 Å². The van der Waals surface area contributed by atoms with E-state index in [9.17, 15) is 9.59 Å². The van der Waals surface area contributed by atoms with Crippen molar-refractivity contribution in [2.75, 3.05) is 12.3 Å². The Morgan fingerprint density at radius 3 is 2.22 bits per heavy atom. The summed E-state index contributed by atoms with van der Waals surface area (Å²) in [4.78, 5) is 28.8. The predicted molar refractivity (Wildman–Crippen MR) is 156 cm³/mol. The highest BCUT2D eigenvalue weighted by Gasteiger charge is 2.30. The minimum absolute atomic E-state index is 0.134. The van der Waals surface area contributed by atoms with Crippen molar-refractivity contribution in [1.82, 2.24) is 10.2 Å². The van der Waals surface area contributed by atoms with Crippen LogP contribution in [0.15, 0.2) is 72.8 Å². The molecule has 0 aliphatic carbocycles. The Morgan fingerprint density at radius 1 is 0.892 bits per heavy atom. The molecule has 0 spiro atoms. The summed E-state index contributed by atoms with van der Waals surface area (Å²) in [6.45, 7) is 4.80. The van der Waals surface area contributed by atoms with E-state index in [2.05, 4.69) is 5.32 Å². The fraction of sp³-hybridized carbons (Fsp3) is 0.310. The molecule has 1 N–H and O–H groups in total. The largest absolute Gasteiger partial charge is 0.354 e. The molecule has 0 aromatic heterocycles. The molecule has 1 atom stereocenters. The van der Waals surface area contributed by atoms with E-state index in [1.807, 2.05) is 68.4 Å². The molecule has 37 heavy (non-hydrogen) atoms. The van der Waals surface area contributed by atoms with Crippen LogP contribution in [0.2, 0.25) is 15.1 Å². The van der Waals surface area contributed by atoms with E-state index in [1.54, 1.807) is 23.1 Å². The molecule has 0 bridgehead atoms. The van der Waals surface area contributed by atoms with Crippen LogP contribution in [0.1, 0.15) is 30.5 Å². The van der Waals surface area contributed by atoms with Gasteiger partial charge in [-0.15, -0.1) is 11.8 Å². The Morgan fingerprint density at radius 2 is 1.57 bits per heavy atom. The van der Waals surface area contributed by atoms with Gasteiger partial charge in [-0.1, -0.05) is 97.2 Å². The van der Waals surface area contributed by atoms with E-state index in [0.29, 0.717) is 33.8 Å². The van der Waals surface area contributed by atoms with Gasteiger partial charge in [0.1, 0.15) is 6.04 Å². The van der Waals surface area contributed by atoms with E-state index < -0.39 is 6.04 Å². The molecule has 0 aliphatic rings. The number of hydrogen-bond donors (Lipinski definition) is 1.